The molecule has 0 radical (unpaired) electrons. The van der Waals surface area contributed by atoms with Crippen LogP contribution in [0, 0.1) is 11.3 Å². The molecular formula is C11H14FN. The molecule has 1 rings (SSSR count). The van der Waals surface area contributed by atoms with E-state index in [1.165, 1.54) is 5.56 Å². The number of halogens is 1. The van der Waals surface area contributed by atoms with Crippen LogP contribution in [0.5, 0.6) is 0 Å². The lowest BCUT2D eigenvalue weighted by Crippen LogP contribution is -1.82. The van der Waals surface area contributed by atoms with Crippen molar-refractivity contribution < 1.29 is 4.39 Å². The van der Waals surface area contributed by atoms with E-state index in [0.717, 1.165) is 18.4 Å². The van der Waals surface area contributed by atoms with E-state index in [1.807, 2.05) is 24.3 Å². The normalized spacial score (nSPS) is 8.15. The summed E-state index contributed by atoms with van der Waals surface area (Å²) < 4.78 is 9.50. The van der Waals surface area contributed by atoms with Gasteiger partial charge in [-0.15, -0.1) is 0 Å². The molecular weight excluding hydrogens is 165 g/mol. The lowest BCUT2D eigenvalue weighted by molar-refractivity contribution is 0.636. The number of rotatable bonds is 2. The molecule has 13 heavy (non-hydrogen) atoms. The summed E-state index contributed by atoms with van der Waals surface area (Å²) in [7, 11) is 0.500. The fourth-order valence-corrected chi connectivity index (χ4v) is 1.03. The van der Waals surface area contributed by atoms with E-state index in [1.54, 1.807) is 0 Å². The van der Waals surface area contributed by atoms with Crippen LogP contribution in [0.3, 0.4) is 0 Å². The van der Waals surface area contributed by atoms with E-state index >= 15 is 0 Å². The number of hydrogen-bond acceptors (Lipinski definition) is 1. The van der Waals surface area contributed by atoms with Crippen molar-refractivity contribution in [3.63, 3.8) is 0 Å². The summed E-state index contributed by atoms with van der Waals surface area (Å²) in [5.74, 6) is 0. The van der Waals surface area contributed by atoms with Crippen molar-refractivity contribution in [3.8, 4) is 6.07 Å². The fraction of sp³-hybridized carbons (Fsp3) is 0.364. The molecule has 0 aliphatic heterocycles. The minimum Gasteiger partial charge on any atom is -0.255 e. The first-order valence-corrected chi connectivity index (χ1v) is 4.23. The van der Waals surface area contributed by atoms with E-state index in [2.05, 4.69) is 13.0 Å². The number of hydrogen-bond donors (Lipinski definition) is 0. The molecule has 1 nitrogen and oxygen atoms in total. The van der Waals surface area contributed by atoms with Crippen LogP contribution in [0.2, 0.25) is 0 Å². The van der Waals surface area contributed by atoms with Gasteiger partial charge in [0.05, 0.1) is 18.8 Å². The second-order valence-electron chi connectivity index (χ2n) is 2.56. The topological polar surface area (TPSA) is 23.8 Å². The maximum atomic E-state index is 9.50. The van der Waals surface area contributed by atoms with E-state index in [0.29, 0.717) is 7.18 Å². The summed E-state index contributed by atoms with van der Waals surface area (Å²) in [5.41, 5.74) is 2.05. The molecule has 0 saturated carbocycles. The molecule has 0 atom stereocenters. The summed E-state index contributed by atoms with van der Waals surface area (Å²) in [4.78, 5) is 0. The highest BCUT2D eigenvalue weighted by atomic mass is 19.1. The van der Waals surface area contributed by atoms with Gasteiger partial charge in [0, 0.05) is 0 Å². The Morgan fingerprint density at radius 3 is 2.15 bits per heavy atom. The van der Waals surface area contributed by atoms with Gasteiger partial charge in [-0.1, -0.05) is 25.5 Å². The molecule has 0 spiro atoms. The van der Waals surface area contributed by atoms with Crippen molar-refractivity contribution in [2.75, 3.05) is 7.18 Å². The summed E-state index contributed by atoms with van der Waals surface area (Å²) in [6, 6.07) is 9.86. The Morgan fingerprint density at radius 1 is 1.23 bits per heavy atom. The first-order valence-electron chi connectivity index (χ1n) is 4.23. The Bertz CT molecular complexity index is 258. The predicted molar refractivity (Wildman–Crippen MR) is 52.2 cm³/mol. The Kier molecular flexibility index (Phi) is 6.53. The van der Waals surface area contributed by atoms with Crippen molar-refractivity contribution in [1.82, 2.24) is 0 Å². The van der Waals surface area contributed by atoms with Crippen molar-refractivity contribution in [2.45, 2.75) is 19.8 Å². The van der Waals surface area contributed by atoms with Crippen molar-refractivity contribution in [3.05, 3.63) is 35.4 Å². The number of nitriles is 1. The summed E-state index contributed by atoms with van der Waals surface area (Å²) in [6.07, 6.45) is 2.26. The molecule has 0 aromatic heterocycles. The summed E-state index contributed by atoms with van der Waals surface area (Å²) >= 11 is 0. The molecule has 0 saturated heterocycles. The summed E-state index contributed by atoms with van der Waals surface area (Å²) in [6.45, 7) is 2.15. The first kappa shape index (κ1) is 11.6. The molecule has 0 unspecified atom stereocenters. The molecule has 0 aliphatic rings. The average Bonchev–Trinajstić information content (AvgIpc) is 2.23. The van der Waals surface area contributed by atoms with E-state index < -0.39 is 0 Å². The fourth-order valence-electron chi connectivity index (χ4n) is 1.03. The molecule has 0 amide bonds. The quantitative estimate of drug-likeness (QED) is 0.684. The van der Waals surface area contributed by atoms with E-state index in [-0.39, 0.29) is 0 Å². The lowest BCUT2D eigenvalue weighted by atomic mass is 10.1. The van der Waals surface area contributed by atoms with Crippen molar-refractivity contribution in [2.24, 2.45) is 0 Å². The molecule has 0 aliphatic carbocycles. The second-order valence-corrected chi connectivity index (χ2v) is 2.56. The Balaban J connectivity index is 0.000000671. The maximum Gasteiger partial charge on any atom is 0.0991 e. The molecule has 70 valence electrons. The van der Waals surface area contributed by atoms with Crippen molar-refractivity contribution in [1.29, 1.82) is 5.26 Å². The molecule has 0 N–H and O–H groups in total. The minimum atomic E-state index is 0.500. The SMILES string of the molecule is CCCc1ccc(C#N)cc1.CF. The van der Waals surface area contributed by atoms with Gasteiger partial charge in [0.1, 0.15) is 0 Å². The third-order valence-corrected chi connectivity index (χ3v) is 1.62. The molecule has 1 aromatic rings. The maximum absolute atomic E-state index is 9.50. The smallest absolute Gasteiger partial charge is 0.0991 e. The lowest BCUT2D eigenvalue weighted by Gasteiger charge is -1.96. The summed E-state index contributed by atoms with van der Waals surface area (Å²) in [5, 5.41) is 8.51. The Labute approximate surface area is 78.8 Å². The van der Waals surface area contributed by atoms with Crippen LogP contribution in [-0.4, -0.2) is 7.18 Å². The van der Waals surface area contributed by atoms with Crippen LogP contribution < -0.4 is 0 Å². The van der Waals surface area contributed by atoms with Gasteiger partial charge in [-0.3, -0.25) is 4.39 Å². The van der Waals surface area contributed by atoms with Gasteiger partial charge in [-0.25, -0.2) is 0 Å². The first-order chi connectivity index (χ1) is 6.36. The van der Waals surface area contributed by atoms with Crippen LogP contribution in [0.4, 0.5) is 4.39 Å². The van der Waals surface area contributed by atoms with Gasteiger partial charge < -0.3 is 0 Å². The van der Waals surface area contributed by atoms with Crippen LogP contribution in [0.25, 0.3) is 0 Å². The van der Waals surface area contributed by atoms with Gasteiger partial charge in [-0.05, 0) is 24.1 Å². The number of benzene rings is 1. The molecule has 0 heterocycles. The van der Waals surface area contributed by atoms with Crippen LogP contribution in [0.15, 0.2) is 24.3 Å². The zero-order valence-electron chi connectivity index (χ0n) is 8.05. The van der Waals surface area contributed by atoms with Gasteiger partial charge in [0.15, 0.2) is 0 Å². The monoisotopic (exact) mass is 179 g/mol. The van der Waals surface area contributed by atoms with Gasteiger partial charge in [0.2, 0.25) is 0 Å². The molecule has 0 bridgehead atoms. The predicted octanol–water partition coefficient (Wildman–Crippen LogP) is 3.10. The van der Waals surface area contributed by atoms with Crippen LogP contribution in [0.1, 0.15) is 24.5 Å². The van der Waals surface area contributed by atoms with E-state index in [4.69, 9.17) is 5.26 Å². The second kappa shape index (κ2) is 7.30. The zero-order chi connectivity index (χ0) is 10.1. The molecule has 0 fully saturated rings. The van der Waals surface area contributed by atoms with Gasteiger partial charge >= 0.3 is 0 Å². The van der Waals surface area contributed by atoms with Crippen molar-refractivity contribution >= 4 is 0 Å². The highest BCUT2D eigenvalue weighted by Crippen LogP contribution is 2.04. The zero-order valence-corrected chi connectivity index (χ0v) is 8.05. The molecule has 2 heteroatoms. The van der Waals surface area contributed by atoms with Crippen LogP contribution >= 0.6 is 0 Å². The number of alkyl halides is 1. The van der Waals surface area contributed by atoms with E-state index in [9.17, 15) is 4.39 Å². The standard InChI is InChI=1S/C10H11N.CH3F/c1-2-3-9-4-6-10(8-11)7-5-9;1-2/h4-7H,2-3H2,1H3;1H3. The number of nitrogens with zero attached hydrogens (tertiary/aromatic N) is 1. The third kappa shape index (κ3) is 4.27. The molecule has 1 aromatic carbocycles. The van der Waals surface area contributed by atoms with Gasteiger partial charge in [0.25, 0.3) is 0 Å². The largest absolute Gasteiger partial charge is 0.255 e. The Morgan fingerprint density at radius 2 is 1.77 bits per heavy atom. The average molecular weight is 179 g/mol. The van der Waals surface area contributed by atoms with Crippen LogP contribution in [-0.2, 0) is 6.42 Å². The highest BCUT2D eigenvalue weighted by molar-refractivity contribution is 5.31. The van der Waals surface area contributed by atoms with Gasteiger partial charge in [-0.2, -0.15) is 5.26 Å². The number of aryl methyl sites for hydroxylation is 1. The Hall–Kier alpha value is -1.36. The minimum absolute atomic E-state index is 0.500. The highest BCUT2D eigenvalue weighted by Gasteiger charge is 1.90. The third-order valence-electron chi connectivity index (χ3n) is 1.62.